The lowest BCUT2D eigenvalue weighted by atomic mass is 10.2. The van der Waals surface area contributed by atoms with Crippen LogP contribution in [0.2, 0.25) is 0 Å². The van der Waals surface area contributed by atoms with Gasteiger partial charge in [0.15, 0.2) is 5.82 Å². The van der Waals surface area contributed by atoms with E-state index in [4.69, 9.17) is 4.74 Å². The lowest BCUT2D eigenvalue weighted by Gasteiger charge is -2.08. The molecule has 7 heteroatoms. The predicted octanol–water partition coefficient (Wildman–Crippen LogP) is 4.01. The van der Waals surface area contributed by atoms with Crippen molar-refractivity contribution in [2.24, 2.45) is 0 Å². The van der Waals surface area contributed by atoms with Gasteiger partial charge in [-0.25, -0.2) is 14.4 Å². The molecule has 28 heavy (non-hydrogen) atoms. The molecule has 1 heterocycles. The van der Waals surface area contributed by atoms with Gasteiger partial charge in [-0.15, -0.1) is 0 Å². The number of ether oxygens (including phenoxy) is 1. The summed E-state index contributed by atoms with van der Waals surface area (Å²) in [4.78, 5) is 21.0. The summed E-state index contributed by atoms with van der Waals surface area (Å²) in [5.41, 5.74) is 2.48. The Bertz CT molecular complexity index is 964. The highest BCUT2D eigenvalue weighted by Gasteiger charge is 2.09. The predicted molar refractivity (Wildman–Crippen MR) is 108 cm³/mol. The highest BCUT2D eigenvalue weighted by Crippen LogP contribution is 2.22. The van der Waals surface area contributed by atoms with Crippen molar-refractivity contribution >= 4 is 17.7 Å². The molecular formula is C21H20FN3O2S. The van der Waals surface area contributed by atoms with Crippen LogP contribution in [0.5, 0.6) is 5.75 Å². The van der Waals surface area contributed by atoms with Crippen molar-refractivity contribution in [3.05, 3.63) is 71.7 Å². The van der Waals surface area contributed by atoms with E-state index < -0.39 is 0 Å². The number of carbonyl (C=O) groups excluding carboxylic acids is 1. The van der Waals surface area contributed by atoms with E-state index in [1.807, 2.05) is 37.3 Å². The van der Waals surface area contributed by atoms with Gasteiger partial charge in [-0.2, -0.15) is 0 Å². The summed E-state index contributed by atoms with van der Waals surface area (Å²) >= 11 is 1.34. The Morgan fingerprint density at radius 3 is 2.68 bits per heavy atom. The van der Waals surface area contributed by atoms with Crippen LogP contribution in [0.15, 0.2) is 59.6 Å². The van der Waals surface area contributed by atoms with Gasteiger partial charge < -0.3 is 10.1 Å². The number of methoxy groups -OCH3 is 1. The van der Waals surface area contributed by atoms with Crippen molar-refractivity contribution in [1.29, 1.82) is 0 Å². The zero-order chi connectivity index (χ0) is 19.9. The summed E-state index contributed by atoms with van der Waals surface area (Å²) in [6.07, 6.45) is 0. The van der Waals surface area contributed by atoms with Crippen molar-refractivity contribution in [3.63, 3.8) is 0 Å². The maximum Gasteiger partial charge on any atom is 0.230 e. The third-order valence-corrected chi connectivity index (χ3v) is 4.82. The van der Waals surface area contributed by atoms with Crippen LogP contribution in [0.1, 0.15) is 11.3 Å². The van der Waals surface area contributed by atoms with Crippen molar-refractivity contribution in [1.82, 2.24) is 15.3 Å². The van der Waals surface area contributed by atoms with E-state index in [0.717, 1.165) is 22.6 Å². The molecule has 0 atom stereocenters. The number of nitrogens with one attached hydrogen (secondary N) is 1. The number of halogens is 1. The van der Waals surface area contributed by atoms with Gasteiger partial charge in [-0.05, 0) is 55.0 Å². The maximum absolute atomic E-state index is 13.1. The lowest BCUT2D eigenvalue weighted by molar-refractivity contribution is -0.118. The minimum atomic E-state index is -0.307. The molecule has 3 rings (SSSR count). The van der Waals surface area contributed by atoms with E-state index >= 15 is 0 Å². The smallest absolute Gasteiger partial charge is 0.230 e. The molecule has 0 unspecified atom stereocenters. The van der Waals surface area contributed by atoms with E-state index in [0.29, 0.717) is 17.4 Å². The largest absolute Gasteiger partial charge is 0.497 e. The first-order valence-electron chi connectivity index (χ1n) is 8.67. The summed E-state index contributed by atoms with van der Waals surface area (Å²) < 4.78 is 18.3. The minimum Gasteiger partial charge on any atom is -0.497 e. The van der Waals surface area contributed by atoms with E-state index in [9.17, 15) is 9.18 Å². The van der Waals surface area contributed by atoms with Gasteiger partial charge in [0.1, 0.15) is 16.6 Å². The Labute approximate surface area is 167 Å². The summed E-state index contributed by atoms with van der Waals surface area (Å²) in [6, 6.07) is 15.4. The van der Waals surface area contributed by atoms with Crippen molar-refractivity contribution in [2.75, 3.05) is 12.9 Å². The molecule has 1 amide bonds. The van der Waals surface area contributed by atoms with Gasteiger partial charge in [0.25, 0.3) is 0 Å². The topological polar surface area (TPSA) is 64.1 Å². The highest BCUT2D eigenvalue weighted by molar-refractivity contribution is 7.99. The number of amides is 1. The Morgan fingerprint density at radius 1 is 1.14 bits per heavy atom. The van der Waals surface area contributed by atoms with Crippen LogP contribution in [0.4, 0.5) is 4.39 Å². The van der Waals surface area contributed by atoms with Gasteiger partial charge in [0.2, 0.25) is 5.91 Å². The molecule has 0 aliphatic heterocycles. The van der Waals surface area contributed by atoms with Gasteiger partial charge >= 0.3 is 0 Å². The van der Waals surface area contributed by atoms with E-state index in [1.165, 1.54) is 23.9 Å². The number of thioether (sulfide) groups is 1. The average molecular weight is 397 g/mol. The normalized spacial score (nSPS) is 10.5. The maximum atomic E-state index is 13.1. The summed E-state index contributed by atoms with van der Waals surface area (Å²) in [5, 5.41) is 3.58. The lowest BCUT2D eigenvalue weighted by Crippen LogP contribution is -2.24. The zero-order valence-corrected chi connectivity index (χ0v) is 16.4. The SMILES string of the molecule is COc1cccc(CNC(=O)CSc2cc(C)nc(-c3ccc(F)cc3)n2)c1. The van der Waals surface area contributed by atoms with E-state index in [1.54, 1.807) is 19.2 Å². The van der Waals surface area contributed by atoms with Crippen LogP contribution >= 0.6 is 11.8 Å². The Morgan fingerprint density at radius 2 is 1.93 bits per heavy atom. The first kappa shape index (κ1) is 19.8. The van der Waals surface area contributed by atoms with Crippen LogP contribution in [0.25, 0.3) is 11.4 Å². The standard InChI is InChI=1S/C21H20FN3O2S/c1-14-10-20(25-21(24-14)16-6-8-17(22)9-7-16)28-13-19(26)23-12-15-4-3-5-18(11-15)27-2/h3-11H,12-13H2,1-2H3,(H,23,26). The van der Waals surface area contributed by atoms with Crippen molar-refractivity contribution in [2.45, 2.75) is 18.5 Å². The van der Waals surface area contributed by atoms with Gasteiger partial charge in [0.05, 0.1) is 12.9 Å². The Hall–Kier alpha value is -2.93. The molecule has 0 saturated heterocycles. The third-order valence-electron chi connectivity index (χ3n) is 3.91. The molecule has 0 aliphatic carbocycles. The van der Waals surface area contributed by atoms with Gasteiger partial charge in [-0.3, -0.25) is 4.79 Å². The fourth-order valence-corrected chi connectivity index (χ4v) is 3.30. The second-order valence-electron chi connectivity index (χ2n) is 6.09. The molecule has 1 aromatic heterocycles. The van der Waals surface area contributed by atoms with E-state index in [-0.39, 0.29) is 17.5 Å². The molecule has 1 N–H and O–H groups in total. The second-order valence-corrected chi connectivity index (χ2v) is 7.09. The molecule has 0 fully saturated rings. The number of carbonyl (C=O) groups is 1. The molecule has 2 aromatic carbocycles. The minimum absolute atomic E-state index is 0.0904. The summed E-state index contributed by atoms with van der Waals surface area (Å²) in [6.45, 7) is 2.29. The molecule has 144 valence electrons. The molecule has 0 aliphatic rings. The highest BCUT2D eigenvalue weighted by atomic mass is 32.2. The quantitative estimate of drug-likeness (QED) is 0.482. The van der Waals surface area contributed by atoms with E-state index in [2.05, 4.69) is 15.3 Å². The summed E-state index contributed by atoms with van der Waals surface area (Å²) in [5.74, 6) is 1.11. The molecule has 3 aromatic rings. The fraction of sp³-hybridized carbons (Fsp3) is 0.190. The molecule has 0 bridgehead atoms. The molecular weight excluding hydrogens is 377 g/mol. The van der Waals surface area contributed by atoms with Crippen LogP contribution in [-0.4, -0.2) is 28.7 Å². The van der Waals surface area contributed by atoms with Gasteiger partial charge in [-0.1, -0.05) is 23.9 Å². The summed E-state index contributed by atoms with van der Waals surface area (Å²) in [7, 11) is 1.61. The average Bonchev–Trinajstić information content (AvgIpc) is 2.71. The number of aromatic nitrogens is 2. The number of hydrogen-bond donors (Lipinski definition) is 1. The first-order chi connectivity index (χ1) is 13.5. The fourth-order valence-electron chi connectivity index (χ4n) is 2.52. The molecule has 0 spiro atoms. The van der Waals surface area contributed by atoms with Crippen molar-refractivity contribution < 1.29 is 13.9 Å². The number of nitrogens with zero attached hydrogens (tertiary/aromatic N) is 2. The number of benzene rings is 2. The van der Waals surface area contributed by atoms with Gasteiger partial charge in [0, 0.05) is 17.8 Å². The first-order valence-corrected chi connectivity index (χ1v) is 9.66. The van der Waals surface area contributed by atoms with Crippen LogP contribution in [0.3, 0.4) is 0 Å². The second kappa shape index (κ2) is 9.32. The third kappa shape index (κ3) is 5.53. The number of rotatable bonds is 7. The van der Waals surface area contributed by atoms with Crippen LogP contribution in [-0.2, 0) is 11.3 Å². The number of aryl methyl sites for hydroxylation is 1. The van der Waals surface area contributed by atoms with Crippen LogP contribution in [0, 0.1) is 12.7 Å². The molecule has 0 saturated carbocycles. The Kier molecular flexibility index (Phi) is 6.60. The molecule has 0 radical (unpaired) electrons. The van der Waals surface area contributed by atoms with Crippen LogP contribution < -0.4 is 10.1 Å². The Balaban J connectivity index is 1.59. The molecule has 5 nitrogen and oxygen atoms in total. The zero-order valence-electron chi connectivity index (χ0n) is 15.6. The van der Waals surface area contributed by atoms with Crippen molar-refractivity contribution in [3.8, 4) is 17.1 Å². The number of hydrogen-bond acceptors (Lipinski definition) is 5. The monoisotopic (exact) mass is 397 g/mol.